The van der Waals surface area contributed by atoms with Crippen LogP contribution in [0.5, 0.6) is 0 Å². The van der Waals surface area contributed by atoms with Gasteiger partial charge in [-0.15, -0.1) is 0 Å². The van der Waals surface area contributed by atoms with Gasteiger partial charge in [0.15, 0.2) is 0 Å². The summed E-state index contributed by atoms with van der Waals surface area (Å²) in [6.07, 6.45) is 3.64. The van der Waals surface area contributed by atoms with E-state index in [1.807, 2.05) is 24.3 Å². The van der Waals surface area contributed by atoms with E-state index >= 15 is 0 Å². The summed E-state index contributed by atoms with van der Waals surface area (Å²) >= 11 is 3.36. The van der Waals surface area contributed by atoms with Crippen LogP contribution >= 0.6 is 15.9 Å². The molecular formula is C14H20BrN3O. The number of urea groups is 1. The maximum atomic E-state index is 11.6. The molecule has 4 nitrogen and oxygen atoms in total. The number of carbonyl (C=O) groups excluding carboxylic acids is 1. The van der Waals surface area contributed by atoms with Crippen molar-refractivity contribution in [3.63, 3.8) is 0 Å². The fourth-order valence-electron chi connectivity index (χ4n) is 2.22. The molecule has 1 heterocycles. The van der Waals surface area contributed by atoms with Gasteiger partial charge in [0.05, 0.1) is 0 Å². The molecule has 0 saturated carbocycles. The number of nitrogens with one attached hydrogen (secondary N) is 2. The third-order valence-electron chi connectivity index (χ3n) is 3.24. The molecule has 0 spiro atoms. The van der Waals surface area contributed by atoms with Crippen LogP contribution < -0.4 is 10.6 Å². The van der Waals surface area contributed by atoms with E-state index in [9.17, 15) is 4.79 Å². The second kappa shape index (κ2) is 7.50. The van der Waals surface area contributed by atoms with Crippen LogP contribution in [-0.4, -0.2) is 37.1 Å². The van der Waals surface area contributed by atoms with E-state index < -0.39 is 0 Å². The lowest BCUT2D eigenvalue weighted by atomic mass is 10.3. The molecule has 0 unspecified atom stereocenters. The van der Waals surface area contributed by atoms with Crippen LogP contribution in [-0.2, 0) is 0 Å². The quantitative estimate of drug-likeness (QED) is 0.817. The van der Waals surface area contributed by atoms with Crippen LogP contribution in [0.1, 0.15) is 19.3 Å². The van der Waals surface area contributed by atoms with Crippen LogP contribution in [0.25, 0.3) is 0 Å². The van der Waals surface area contributed by atoms with Crippen molar-refractivity contribution < 1.29 is 4.79 Å². The Morgan fingerprint density at radius 2 is 1.89 bits per heavy atom. The molecule has 2 amide bonds. The Morgan fingerprint density at radius 1 is 1.21 bits per heavy atom. The molecule has 2 N–H and O–H groups in total. The number of likely N-dealkylation sites (tertiary alicyclic amines) is 1. The van der Waals surface area contributed by atoms with E-state index in [2.05, 4.69) is 31.5 Å². The van der Waals surface area contributed by atoms with Gasteiger partial charge in [0, 0.05) is 16.7 Å². The number of rotatable bonds is 5. The zero-order valence-electron chi connectivity index (χ0n) is 11.0. The maximum absolute atomic E-state index is 11.6. The highest BCUT2D eigenvalue weighted by atomic mass is 79.9. The Morgan fingerprint density at radius 3 is 2.58 bits per heavy atom. The first-order valence-corrected chi connectivity index (χ1v) is 7.56. The molecule has 0 radical (unpaired) electrons. The molecule has 104 valence electrons. The van der Waals surface area contributed by atoms with Gasteiger partial charge in [0.25, 0.3) is 0 Å². The molecule has 5 heteroatoms. The predicted octanol–water partition coefficient (Wildman–Crippen LogP) is 3.06. The van der Waals surface area contributed by atoms with Gasteiger partial charge in [-0.1, -0.05) is 15.9 Å². The molecule has 19 heavy (non-hydrogen) atoms. The number of halogens is 1. The van der Waals surface area contributed by atoms with Crippen LogP contribution in [0, 0.1) is 0 Å². The fourth-order valence-corrected chi connectivity index (χ4v) is 2.48. The Kier molecular flexibility index (Phi) is 5.66. The Hall–Kier alpha value is -1.07. The topological polar surface area (TPSA) is 44.4 Å². The van der Waals surface area contributed by atoms with E-state index in [0.717, 1.165) is 29.7 Å². The van der Waals surface area contributed by atoms with Crippen molar-refractivity contribution in [2.75, 3.05) is 31.5 Å². The standard InChI is InChI=1S/C14H20BrN3O/c15-12-4-6-13(7-5-12)17-14(19)16-8-3-11-18-9-1-2-10-18/h4-7H,1-3,8-11H2,(H2,16,17,19). The molecule has 0 aliphatic carbocycles. The van der Waals surface area contributed by atoms with Crippen molar-refractivity contribution >= 4 is 27.6 Å². The average molecular weight is 326 g/mol. The normalized spacial score (nSPS) is 15.4. The summed E-state index contributed by atoms with van der Waals surface area (Å²) in [7, 11) is 0. The maximum Gasteiger partial charge on any atom is 0.319 e. The number of benzene rings is 1. The smallest absolute Gasteiger partial charge is 0.319 e. The molecule has 1 aliphatic heterocycles. The Bertz CT molecular complexity index is 402. The molecule has 1 saturated heterocycles. The molecule has 1 aromatic carbocycles. The van der Waals surface area contributed by atoms with Gasteiger partial charge in [-0.25, -0.2) is 4.79 Å². The predicted molar refractivity (Wildman–Crippen MR) is 81.5 cm³/mol. The Balaban J connectivity index is 1.60. The monoisotopic (exact) mass is 325 g/mol. The van der Waals surface area contributed by atoms with Gasteiger partial charge in [-0.05, 0) is 63.2 Å². The van der Waals surface area contributed by atoms with Crippen molar-refractivity contribution in [2.45, 2.75) is 19.3 Å². The minimum atomic E-state index is -0.135. The first kappa shape index (κ1) is 14.3. The summed E-state index contributed by atoms with van der Waals surface area (Å²) in [5, 5.41) is 5.69. The third kappa shape index (κ3) is 5.20. The van der Waals surface area contributed by atoms with Gasteiger partial charge < -0.3 is 15.5 Å². The highest BCUT2D eigenvalue weighted by Gasteiger charge is 2.10. The van der Waals surface area contributed by atoms with Crippen molar-refractivity contribution in [3.8, 4) is 0 Å². The van der Waals surface area contributed by atoms with Crippen molar-refractivity contribution in [2.24, 2.45) is 0 Å². The van der Waals surface area contributed by atoms with Crippen molar-refractivity contribution in [1.29, 1.82) is 0 Å². The van der Waals surface area contributed by atoms with Crippen LogP contribution in [0.2, 0.25) is 0 Å². The van der Waals surface area contributed by atoms with E-state index in [0.29, 0.717) is 0 Å². The van der Waals surface area contributed by atoms with Crippen LogP contribution in [0.4, 0.5) is 10.5 Å². The third-order valence-corrected chi connectivity index (χ3v) is 3.77. The van der Waals surface area contributed by atoms with Crippen LogP contribution in [0.15, 0.2) is 28.7 Å². The fraction of sp³-hybridized carbons (Fsp3) is 0.500. The molecule has 1 aromatic rings. The summed E-state index contributed by atoms with van der Waals surface area (Å²) in [6.45, 7) is 4.23. The minimum Gasteiger partial charge on any atom is -0.338 e. The molecule has 0 aromatic heterocycles. The Labute approximate surface area is 122 Å². The number of nitrogens with zero attached hydrogens (tertiary/aromatic N) is 1. The highest BCUT2D eigenvalue weighted by molar-refractivity contribution is 9.10. The first-order valence-electron chi connectivity index (χ1n) is 6.77. The number of hydrogen-bond acceptors (Lipinski definition) is 2. The first-order chi connectivity index (χ1) is 9.24. The summed E-state index contributed by atoms with van der Waals surface area (Å²) in [5.41, 5.74) is 0.806. The average Bonchev–Trinajstić information content (AvgIpc) is 2.91. The van der Waals surface area contributed by atoms with Crippen molar-refractivity contribution in [1.82, 2.24) is 10.2 Å². The molecule has 0 bridgehead atoms. The van der Waals surface area contributed by atoms with Gasteiger partial charge in [-0.3, -0.25) is 0 Å². The van der Waals surface area contributed by atoms with Gasteiger partial charge in [0.2, 0.25) is 0 Å². The molecule has 1 fully saturated rings. The van der Waals surface area contributed by atoms with Crippen molar-refractivity contribution in [3.05, 3.63) is 28.7 Å². The van der Waals surface area contributed by atoms with Gasteiger partial charge >= 0.3 is 6.03 Å². The number of hydrogen-bond donors (Lipinski definition) is 2. The lowest BCUT2D eigenvalue weighted by Gasteiger charge is -2.14. The molecular weight excluding hydrogens is 306 g/mol. The SMILES string of the molecule is O=C(NCCCN1CCCC1)Nc1ccc(Br)cc1. The van der Waals surface area contributed by atoms with Gasteiger partial charge in [-0.2, -0.15) is 0 Å². The second-order valence-corrected chi connectivity index (χ2v) is 5.71. The number of amides is 2. The highest BCUT2D eigenvalue weighted by Crippen LogP contribution is 2.13. The molecule has 0 atom stereocenters. The second-order valence-electron chi connectivity index (χ2n) is 4.79. The number of carbonyl (C=O) groups is 1. The minimum absolute atomic E-state index is 0.135. The van der Waals surface area contributed by atoms with E-state index in [1.54, 1.807) is 0 Å². The summed E-state index contributed by atoms with van der Waals surface area (Å²) < 4.78 is 1.00. The van der Waals surface area contributed by atoms with E-state index in [-0.39, 0.29) is 6.03 Å². The lowest BCUT2D eigenvalue weighted by molar-refractivity contribution is 0.251. The summed E-state index contributed by atoms with van der Waals surface area (Å²) in [5.74, 6) is 0. The van der Waals surface area contributed by atoms with Gasteiger partial charge in [0.1, 0.15) is 0 Å². The molecule has 2 rings (SSSR count). The number of anilines is 1. The van der Waals surface area contributed by atoms with Crippen LogP contribution in [0.3, 0.4) is 0 Å². The lowest BCUT2D eigenvalue weighted by Crippen LogP contribution is -2.31. The summed E-state index contributed by atoms with van der Waals surface area (Å²) in [4.78, 5) is 14.1. The van der Waals surface area contributed by atoms with E-state index in [4.69, 9.17) is 0 Å². The summed E-state index contributed by atoms with van der Waals surface area (Å²) in [6, 6.07) is 7.41. The zero-order valence-corrected chi connectivity index (χ0v) is 12.6. The largest absolute Gasteiger partial charge is 0.338 e. The zero-order chi connectivity index (χ0) is 13.5. The van der Waals surface area contributed by atoms with E-state index in [1.165, 1.54) is 25.9 Å². The molecule has 1 aliphatic rings.